The van der Waals surface area contributed by atoms with Crippen molar-refractivity contribution in [1.29, 1.82) is 0 Å². The molecule has 1 amide bonds. The third-order valence-electron chi connectivity index (χ3n) is 8.72. The van der Waals surface area contributed by atoms with E-state index in [-0.39, 0.29) is 23.0 Å². The standard InChI is InChI=1S/C34H37N3O7/c1-44-28(38)18-8-6-4-2-3-5-7-13-19-35-31(39)22-20-27-34(29(32(40)41)30(33(42)43)37(27)36-21-22)25-16-11-9-14-23(25)24-15-10-12-17-26(24)34/h9-12,14-17,20-21,27H,2-8,13,18-19H2,1H3,(H,35,39)(H,40,41)(H,42,43). The van der Waals surface area contributed by atoms with Gasteiger partial charge in [0.1, 0.15) is 0 Å². The number of hydrogen-bond acceptors (Lipinski definition) is 7. The number of carboxylic acids is 2. The minimum Gasteiger partial charge on any atom is -0.478 e. The van der Waals surface area contributed by atoms with Crippen LogP contribution in [0, 0.1) is 0 Å². The zero-order valence-electron chi connectivity index (χ0n) is 24.8. The quantitative estimate of drug-likeness (QED) is 0.208. The van der Waals surface area contributed by atoms with Crippen LogP contribution in [0.1, 0.15) is 68.9 Å². The normalized spacial score (nSPS) is 17.2. The smallest absolute Gasteiger partial charge is 0.354 e. The number of nitrogens with one attached hydrogen (secondary N) is 1. The maximum absolute atomic E-state index is 13.2. The molecule has 0 aromatic heterocycles. The number of benzene rings is 2. The molecule has 0 saturated carbocycles. The van der Waals surface area contributed by atoms with E-state index in [1.165, 1.54) is 18.3 Å². The number of carboxylic acid groups (broad SMARTS) is 2. The second-order valence-electron chi connectivity index (χ2n) is 11.3. The first-order chi connectivity index (χ1) is 21.3. The molecule has 0 saturated heterocycles. The van der Waals surface area contributed by atoms with E-state index in [1.807, 2.05) is 48.5 Å². The lowest BCUT2D eigenvalue weighted by molar-refractivity contribution is -0.140. The van der Waals surface area contributed by atoms with Gasteiger partial charge in [0.25, 0.3) is 5.91 Å². The second kappa shape index (κ2) is 13.3. The molecule has 0 bridgehead atoms. The van der Waals surface area contributed by atoms with Gasteiger partial charge in [-0.05, 0) is 41.2 Å². The molecule has 0 fully saturated rings. The second-order valence-corrected chi connectivity index (χ2v) is 11.3. The number of unbranched alkanes of at least 4 members (excludes halogenated alkanes) is 7. The summed E-state index contributed by atoms with van der Waals surface area (Å²) in [6.07, 6.45) is 11.4. The summed E-state index contributed by atoms with van der Waals surface area (Å²) in [6, 6.07) is 13.9. The SMILES string of the molecule is COC(=O)CCCCCCCCCCNC(=O)C1=CC2N(N=C1)C(C(=O)O)=C(C(=O)O)C21c2ccccc2-c2ccccc21. The molecule has 44 heavy (non-hydrogen) atoms. The molecular weight excluding hydrogens is 562 g/mol. The number of rotatable bonds is 14. The van der Waals surface area contributed by atoms with Crippen LogP contribution in [-0.4, -0.2) is 64.9 Å². The molecule has 2 aromatic carbocycles. The van der Waals surface area contributed by atoms with Crippen molar-refractivity contribution in [2.75, 3.05) is 13.7 Å². The van der Waals surface area contributed by atoms with Gasteiger partial charge in [-0.15, -0.1) is 0 Å². The number of hydrazone groups is 1. The maximum Gasteiger partial charge on any atom is 0.354 e. The van der Waals surface area contributed by atoms with Crippen molar-refractivity contribution in [3.63, 3.8) is 0 Å². The molecule has 3 aliphatic rings. The summed E-state index contributed by atoms with van der Waals surface area (Å²) in [6.45, 7) is 0.479. The fourth-order valence-corrected chi connectivity index (χ4v) is 6.76. The van der Waals surface area contributed by atoms with E-state index in [2.05, 4.69) is 15.2 Å². The Bertz CT molecular complexity index is 1510. The molecule has 0 radical (unpaired) electrons. The van der Waals surface area contributed by atoms with Crippen LogP contribution >= 0.6 is 0 Å². The molecule has 5 rings (SSSR count). The number of nitrogens with zero attached hydrogens (tertiary/aromatic N) is 2. The van der Waals surface area contributed by atoms with Crippen LogP contribution in [0.25, 0.3) is 11.1 Å². The maximum atomic E-state index is 13.2. The molecule has 3 N–H and O–H groups in total. The van der Waals surface area contributed by atoms with Crippen molar-refractivity contribution in [2.45, 2.75) is 69.2 Å². The summed E-state index contributed by atoms with van der Waals surface area (Å²) in [5.41, 5.74) is 1.18. The first-order valence-electron chi connectivity index (χ1n) is 15.1. The van der Waals surface area contributed by atoms with E-state index in [0.717, 1.165) is 62.5 Å². The van der Waals surface area contributed by atoms with Gasteiger partial charge in [0.2, 0.25) is 0 Å². The van der Waals surface area contributed by atoms with Gasteiger partial charge in [-0.3, -0.25) is 9.59 Å². The highest BCUT2D eigenvalue weighted by Crippen LogP contribution is 2.60. The number of ether oxygens (including phenoxy) is 1. The molecule has 2 aromatic rings. The zero-order valence-corrected chi connectivity index (χ0v) is 24.8. The van der Waals surface area contributed by atoms with Gasteiger partial charge in [-0.2, -0.15) is 5.10 Å². The molecule has 10 heteroatoms. The summed E-state index contributed by atoms with van der Waals surface area (Å²) in [5.74, 6) is -3.25. The molecule has 10 nitrogen and oxygen atoms in total. The Labute approximate surface area is 256 Å². The highest BCUT2D eigenvalue weighted by molar-refractivity contribution is 6.13. The summed E-state index contributed by atoms with van der Waals surface area (Å²) in [4.78, 5) is 49.8. The van der Waals surface area contributed by atoms with E-state index in [4.69, 9.17) is 0 Å². The number of aliphatic carboxylic acids is 2. The van der Waals surface area contributed by atoms with Crippen LogP contribution in [0.5, 0.6) is 0 Å². The molecule has 230 valence electrons. The molecule has 1 atom stereocenters. The van der Waals surface area contributed by atoms with Gasteiger partial charge in [0.05, 0.1) is 35.9 Å². The number of amides is 1. The lowest BCUT2D eigenvalue weighted by Gasteiger charge is -2.37. The predicted molar refractivity (Wildman–Crippen MR) is 164 cm³/mol. The number of methoxy groups -OCH3 is 1. The first kappa shape index (κ1) is 30.7. The van der Waals surface area contributed by atoms with Crippen molar-refractivity contribution in [3.05, 3.63) is 82.6 Å². The van der Waals surface area contributed by atoms with Crippen LogP contribution in [0.2, 0.25) is 0 Å². The Morgan fingerprint density at radius 2 is 1.41 bits per heavy atom. The van der Waals surface area contributed by atoms with Gasteiger partial charge in [0, 0.05) is 13.0 Å². The largest absolute Gasteiger partial charge is 0.478 e. The summed E-state index contributed by atoms with van der Waals surface area (Å²) in [7, 11) is 1.41. The van der Waals surface area contributed by atoms with Gasteiger partial charge < -0.3 is 20.3 Å². The lowest BCUT2D eigenvalue weighted by atomic mass is 9.68. The van der Waals surface area contributed by atoms with Crippen molar-refractivity contribution < 1.29 is 34.1 Å². The summed E-state index contributed by atoms with van der Waals surface area (Å²) < 4.78 is 4.65. The Morgan fingerprint density at radius 1 is 0.841 bits per heavy atom. The van der Waals surface area contributed by atoms with Crippen LogP contribution < -0.4 is 5.32 Å². The number of carbonyl (C=O) groups is 4. The Balaban J connectivity index is 1.28. The highest BCUT2D eigenvalue weighted by Gasteiger charge is 2.62. The molecule has 2 aliphatic heterocycles. The number of hydrogen-bond donors (Lipinski definition) is 3. The first-order valence-corrected chi connectivity index (χ1v) is 15.1. The van der Waals surface area contributed by atoms with Crippen molar-refractivity contribution in [3.8, 4) is 11.1 Å². The van der Waals surface area contributed by atoms with Crippen molar-refractivity contribution in [2.24, 2.45) is 5.10 Å². The fraction of sp³-hybridized carbons (Fsp3) is 0.382. The van der Waals surface area contributed by atoms with Crippen LogP contribution in [0.3, 0.4) is 0 Å². The Kier molecular flexibility index (Phi) is 9.27. The highest BCUT2D eigenvalue weighted by atomic mass is 16.5. The molecule has 1 spiro atoms. The van der Waals surface area contributed by atoms with E-state index in [1.54, 1.807) is 6.08 Å². The molecular formula is C34H37N3O7. The van der Waals surface area contributed by atoms with Crippen molar-refractivity contribution in [1.82, 2.24) is 10.3 Å². The van der Waals surface area contributed by atoms with E-state index in [0.29, 0.717) is 24.1 Å². The van der Waals surface area contributed by atoms with Crippen molar-refractivity contribution >= 4 is 30.0 Å². The Morgan fingerprint density at radius 3 is 1.98 bits per heavy atom. The number of fused-ring (bicyclic) bond motifs is 7. The monoisotopic (exact) mass is 599 g/mol. The molecule has 1 aliphatic carbocycles. The summed E-state index contributed by atoms with van der Waals surface area (Å²) >= 11 is 0. The number of carbonyl (C=O) groups excluding carboxylic acids is 2. The van der Waals surface area contributed by atoms with E-state index >= 15 is 0 Å². The summed E-state index contributed by atoms with van der Waals surface area (Å²) in [5, 5.41) is 29.3. The molecule has 2 heterocycles. The van der Waals surface area contributed by atoms with E-state index < -0.39 is 29.1 Å². The average Bonchev–Trinajstić information content (AvgIpc) is 3.50. The molecule has 1 unspecified atom stereocenters. The number of esters is 1. The van der Waals surface area contributed by atoms with Crippen LogP contribution in [0.4, 0.5) is 0 Å². The third-order valence-corrected chi connectivity index (χ3v) is 8.72. The fourth-order valence-electron chi connectivity index (χ4n) is 6.76. The average molecular weight is 600 g/mol. The van der Waals surface area contributed by atoms with Crippen LogP contribution in [0.15, 0.2) is 76.6 Å². The van der Waals surface area contributed by atoms with Gasteiger partial charge in [0.15, 0.2) is 5.70 Å². The zero-order chi connectivity index (χ0) is 31.3. The van der Waals surface area contributed by atoms with Gasteiger partial charge in [-0.25, -0.2) is 14.6 Å². The minimum atomic E-state index is -1.40. The minimum absolute atomic E-state index is 0.164. The lowest BCUT2D eigenvalue weighted by Crippen LogP contribution is -2.45. The van der Waals surface area contributed by atoms with Gasteiger partial charge in [-0.1, -0.05) is 87.1 Å². The third kappa shape index (κ3) is 5.52. The van der Waals surface area contributed by atoms with Gasteiger partial charge >= 0.3 is 17.9 Å². The van der Waals surface area contributed by atoms with E-state index in [9.17, 15) is 29.4 Å². The Hall–Kier alpha value is -4.73. The predicted octanol–water partition coefficient (Wildman–Crippen LogP) is 4.79. The van der Waals surface area contributed by atoms with Crippen LogP contribution in [-0.2, 0) is 29.3 Å². The topological polar surface area (TPSA) is 146 Å².